The van der Waals surface area contributed by atoms with Gasteiger partial charge in [0.05, 0.1) is 11.1 Å². The van der Waals surface area contributed by atoms with E-state index in [2.05, 4.69) is 6.92 Å². The van der Waals surface area contributed by atoms with E-state index in [0.717, 1.165) is 24.2 Å². The van der Waals surface area contributed by atoms with Gasteiger partial charge in [-0.2, -0.15) is 0 Å². The van der Waals surface area contributed by atoms with Gasteiger partial charge in [-0.1, -0.05) is 32.4 Å². The molecule has 3 amide bonds. The van der Waals surface area contributed by atoms with Crippen LogP contribution in [0.25, 0.3) is 0 Å². The first-order chi connectivity index (χ1) is 11.4. The van der Waals surface area contributed by atoms with Gasteiger partial charge in [0.2, 0.25) is 5.91 Å². The fraction of sp³-hybridized carbons (Fsp3) is 0.526. The summed E-state index contributed by atoms with van der Waals surface area (Å²) >= 11 is 0. The maximum absolute atomic E-state index is 13.0. The molecule has 1 heterocycles. The van der Waals surface area contributed by atoms with Gasteiger partial charge in [0.1, 0.15) is 6.04 Å². The second-order valence-electron chi connectivity index (χ2n) is 6.34. The predicted molar refractivity (Wildman–Crippen MR) is 92.8 cm³/mol. The second kappa shape index (κ2) is 7.60. The van der Waals surface area contributed by atoms with E-state index in [1.165, 1.54) is 0 Å². The number of benzene rings is 1. The van der Waals surface area contributed by atoms with Crippen molar-refractivity contribution in [3.8, 4) is 0 Å². The standard InChI is InChI=1S/C19H26N2O3/c1-5-7-12-20(13(3)6-2)17(22)14(4)21-18(23)15-10-8-9-11-16(15)19(21)24/h8-11,13-14H,5-7,12H2,1-4H3. The third-order valence-corrected chi connectivity index (χ3v) is 4.73. The minimum Gasteiger partial charge on any atom is -0.338 e. The first kappa shape index (κ1) is 18.2. The largest absolute Gasteiger partial charge is 0.338 e. The van der Waals surface area contributed by atoms with Crippen molar-refractivity contribution in [3.63, 3.8) is 0 Å². The van der Waals surface area contributed by atoms with E-state index in [-0.39, 0.29) is 23.8 Å². The van der Waals surface area contributed by atoms with Crippen LogP contribution >= 0.6 is 0 Å². The lowest BCUT2D eigenvalue weighted by atomic mass is 10.1. The van der Waals surface area contributed by atoms with Crippen molar-refractivity contribution in [3.05, 3.63) is 35.4 Å². The Morgan fingerprint density at radius 1 is 1.08 bits per heavy atom. The van der Waals surface area contributed by atoms with Crippen molar-refractivity contribution in [2.75, 3.05) is 6.54 Å². The summed E-state index contributed by atoms with van der Waals surface area (Å²) in [6, 6.07) is 6.02. The number of hydrogen-bond donors (Lipinski definition) is 0. The van der Waals surface area contributed by atoms with Gasteiger partial charge >= 0.3 is 0 Å². The van der Waals surface area contributed by atoms with Crippen LogP contribution < -0.4 is 0 Å². The Morgan fingerprint density at radius 2 is 1.62 bits per heavy atom. The summed E-state index contributed by atoms with van der Waals surface area (Å²) in [5, 5.41) is 0. The molecule has 2 atom stereocenters. The molecule has 1 aliphatic heterocycles. The van der Waals surface area contributed by atoms with Crippen molar-refractivity contribution in [1.29, 1.82) is 0 Å². The molecule has 24 heavy (non-hydrogen) atoms. The van der Waals surface area contributed by atoms with Gasteiger partial charge < -0.3 is 4.90 Å². The van der Waals surface area contributed by atoms with Crippen molar-refractivity contribution < 1.29 is 14.4 Å². The molecule has 0 aliphatic carbocycles. The Balaban J connectivity index is 2.24. The normalized spacial score (nSPS) is 16.1. The number of rotatable bonds is 7. The van der Waals surface area contributed by atoms with Crippen LogP contribution in [0.2, 0.25) is 0 Å². The second-order valence-corrected chi connectivity index (χ2v) is 6.34. The summed E-state index contributed by atoms with van der Waals surface area (Å²) in [7, 11) is 0. The molecule has 5 nitrogen and oxygen atoms in total. The first-order valence-corrected chi connectivity index (χ1v) is 8.71. The summed E-state index contributed by atoms with van der Waals surface area (Å²) in [4.78, 5) is 41.0. The summed E-state index contributed by atoms with van der Waals surface area (Å²) in [6.45, 7) is 8.41. The average molecular weight is 330 g/mol. The van der Waals surface area contributed by atoms with Gasteiger partial charge in [-0.3, -0.25) is 19.3 Å². The Hall–Kier alpha value is -2.17. The van der Waals surface area contributed by atoms with Gasteiger partial charge in [0.25, 0.3) is 11.8 Å². The Kier molecular flexibility index (Phi) is 5.75. The molecule has 1 aromatic rings. The van der Waals surface area contributed by atoms with Gasteiger partial charge in [0.15, 0.2) is 0 Å². The van der Waals surface area contributed by atoms with Gasteiger partial charge in [-0.25, -0.2) is 0 Å². The lowest BCUT2D eigenvalue weighted by Crippen LogP contribution is -2.52. The van der Waals surface area contributed by atoms with E-state index >= 15 is 0 Å². The van der Waals surface area contributed by atoms with Crippen LogP contribution in [0.4, 0.5) is 0 Å². The fourth-order valence-electron chi connectivity index (χ4n) is 3.01. The molecule has 0 spiro atoms. The van der Waals surface area contributed by atoms with Crippen LogP contribution in [-0.4, -0.2) is 46.1 Å². The van der Waals surface area contributed by atoms with Crippen molar-refractivity contribution in [2.45, 2.75) is 59.0 Å². The van der Waals surface area contributed by atoms with Crippen LogP contribution in [0.5, 0.6) is 0 Å². The highest BCUT2D eigenvalue weighted by Gasteiger charge is 2.42. The van der Waals surface area contributed by atoms with E-state index in [1.807, 2.05) is 13.8 Å². The molecule has 5 heteroatoms. The molecule has 0 N–H and O–H groups in total. The number of hydrogen-bond acceptors (Lipinski definition) is 3. The highest BCUT2D eigenvalue weighted by atomic mass is 16.2. The topological polar surface area (TPSA) is 57.7 Å². The highest BCUT2D eigenvalue weighted by molar-refractivity contribution is 6.22. The summed E-state index contributed by atoms with van der Waals surface area (Å²) in [5.41, 5.74) is 0.761. The quantitative estimate of drug-likeness (QED) is 0.722. The van der Waals surface area contributed by atoms with Crippen LogP contribution in [0.15, 0.2) is 24.3 Å². The molecule has 1 aliphatic rings. The van der Waals surface area contributed by atoms with E-state index < -0.39 is 6.04 Å². The maximum Gasteiger partial charge on any atom is 0.262 e. The smallest absolute Gasteiger partial charge is 0.262 e. The zero-order valence-electron chi connectivity index (χ0n) is 14.9. The fourth-order valence-corrected chi connectivity index (χ4v) is 3.01. The molecule has 2 rings (SSSR count). The van der Waals surface area contributed by atoms with Crippen molar-refractivity contribution in [1.82, 2.24) is 9.80 Å². The van der Waals surface area contributed by atoms with Gasteiger partial charge in [0, 0.05) is 12.6 Å². The molecule has 1 aromatic carbocycles. The van der Waals surface area contributed by atoms with Gasteiger partial charge in [-0.15, -0.1) is 0 Å². The predicted octanol–water partition coefficient (Wildman–Crippen LogP) is 3.10. The molecule has 130 valence electrons. The number of imide groups is 1. The SMILES string of the molecule is CCCCN(C(=O)C(C)N1C(=O)c2ccccc2C1=O)C(C)CC. The number of amides is 3. The van der Waals surface area contributed by atoms with Crippen molar-refractivity contribution >= 4 is 17.7 Å². The number of fused-ring (bicyclic) bond motifs is 1. The molecular weight excluding hydrogens is 304 g/mol. The van der Waals surface area contributed by atoms with Crippen molar-refractivity contribution in [2.24, 2.45) is 0 Å². The molecule has 0 fully saturated rings. The molecule has 0 saturated carbocycles. The number of unbranched alkanes of at least 4 members (excludes halogenated alkanes) is 1. The number of carbonyl (C=O) groups is 3. The van der Waals surface area contributed by atoms with E-state index in [4.69, 9.17) is 0 Å². The summed E-state index contributed by atoms with van der Waals surface area (Å²) in [6.07, 6.45) is 2.73. The minimum absolute atomic E-state index is 0.0849. The van der Waals surface area contributed by atoms with E-state index in [0.29, 0.717) is 17.7 Å². The summed E-state index contributed by atoms with van der Waals surface area (Å²) < 4.78 is 0. The molecule has 0 radical (unpaired) electrons. The maximum atomic E-state index is 13.0. The third kappa shape index (κ3) is 3.21. The van der Waals surface area contributed by atoms with Crippen LogP contribution in [-0.2, 0) is 4.79 Å². The third-order valence-electron chi connectivity index (χ3n) is 4.73. The zero-order chi connectivity index (χ0) is 17.9. The lowest BCUT2D eigenvalue weighted by Gasteiger charge is -2.33. The molecule has 0 saturated heterocycles. The Morgan fingerprint density at radius 3 is 2.08 bits per heavy atom. The highest BCUT2D eigenvalue weighted by Crippen LogP contribution is 2.25. The molecule has 0 aromatic heterocycles. The van der Waals surface area contributed by atoms with Crippen LogP contribution in [0.1, 0.15) is 67.7 Å². The number of carbonyl (C=O) groups excluding carboxylic acids is 3. The lowest BCUT2D eigenvalue weighted by molar-refractivity contribution is -0.137. The molecule has 2 unspecified atom stereocenters. The Labute approximate surface area is 143 Å². The van der Waals surface area contributed by atoms with Crippen LogP contribution in [0.3, 0.4) is 0 Å². The zero-order valence-corrected chi connectivity index (χ0v) is 14.9. The molecule has 0 bridgehead atoms. The van der Waals surface area contributed by atoms with Gasteiger partial charge in [-0.05, 0) is 38.8 Å². The average Bonchev–Trinajstić information content (AvgIpc) is 2.85. The Bertz CT molecular complexity index is 606. The van der Waals surface area contributed by atoms with E-state index in [9.17, 15) is 14.4 Å². The number of nitrogens with zero attached hydrogens (tertiary/aromatic N) is 2. The minimum atomic E-state index is -0.789. The monoisotopic (exact) mass is 330 g/mol. The molecular formula is C19H26N2O3. The summed E-state index contributed by atoms with van der Waals surface area (Å²) in [5.74, 6) is -0.917. The van der Waals surface area contributed by atoms with E-state index in [1.54, 1.807) is 36.1 Å². The first-order valence-electron chi connectivity index (χ1n) is 8.71. The van der Waals surface area contributed by atoms with Crippen LogP contribution in [0, 0.1) is 0 Å².